The Morgan fingerprint density at radius 2 is 2.35 bits per heavy atom. The van der Waals surface area contributed by atoms with Crippen molar-refractivity contribution in [3.05, 3.63) is 22.7 Å². The lowest BCUT2D eigenvalue weighted by atomic mass is 10.3. The number of primary amides is 1. The fraction of sp³-hybridized carbons (Fsp3) is 0.545. The van der Waals surface area contributed by atoms with Crippen LogP contribution in [0.4, 0.5) is 5.82 Å². The molecule has 0 aliphatic heterocycles. The van der Waals surface area contributed by atoms with Gasteiger partial charge in [-0.15, -0.1) is 0 Å². The lowest BCUT2D eigenvalue weighted by molar-refractivity contribution is -0.118. The van der Waals surface area contributed by atoms with Crippen molar-refractivity contribution in [2.75, 3.05) is 11.9 Å². The third-order valence-corrected chi connectivity index (χ3v) is 2.70. The number of nitrogens with two attached hydrogens (primary N) is 1. The summed E-state index contributed by atoms with van der Waals surface area (Å²) in [6.45, 7) is 0.528. The van der Waals surface area contributed by atoms with Gasteiger partial charge in [-0.05, 0) is 19.3 Å². The van der Waals surface area contributed by atoms with Crippen LogP contribution in [0.15, 0.2) is 17.2 Å². The Kier molecular flexibility index (Phi) is 3.41. The summed E-state index contributed by atoms with van der Waals surface area (Å²) in [4.78, 5) is 26.5. The molecular formula is C11H16N4O2. The maximum absolute atomic E-state index is 11.9. The Labute approximate surface area is 98.8 Å². The molecule has 1 aromatic heterocycles. The standard InChI is InChI=1S/C11H16N4O2/c12-9(16)2-1-5-13-10-11(17)15(7-6-14-10)8-3-4-8/h6-8H,1-5H2,(H2,12,16)(H,13,14). The van der Waals surface area contributed by atoms with Crippen LogP contribution in [0.1, 0.15) is 31.7 Å². The number of amides is 1. The van der Waals surface area contributed by atoms with Gasteiger partial charge in [-0.1, -0.05) is 0 Å². The van der Waals surface area contributed by atoms with Gasteiger partial charge in [-0.25, -0.2) is 4.98 Å². The maximum Gasteiger partial charge on any atom is 0.293 e. The second-order valence-corrected chi connectivity index (χ2v) is 4.22. The zero-order valence-corrected chi connectivity index (χ0v) is 9.56. The third-order valence-electron chi connectivity index (χ3n) is 2.70. The summed E-state index contributed by atoms with van der Waals surface area (Å²) >= 11 is 0. The number of aromatic nitrogens is 2. The van der Waals surface area contributed by atoms with Crippen LogP contribution in [0.3, 0.4) is 0 Å². The number of nitrogens with zero attached hydrogens (tertiary/aromatic N) is 2. The lowest BCUT2D eigenvalue weighted by Gasteiger charge is -2.07. The quantitative estimate of drug-likeness (QED) is 0.693. The van der Waals surface area contributed by atoms with Gasteiger partial charge in [0.1, 0.15) is 0 Å². The first kappa shape index (κ1) is 11.6. The average Bonchev–Trinajstić information content (AvgIpc) is 3.10. The predicted molar refractivity (Wildman–Crippen MR) is 63.7 cm³/mol. The van der Waals surface area contributed by atoms with E-state index in [1.54, 1.807) is 17.0 Å². The summed E-state index contributed by atoms with van der Waals surface area (Å²) in [7, 11) is 0. The SMILES string of the molecule is NC(=O)CCCNc1nccn(C2CC2)c1=O. The highest BCUT2D eigenvalue weighted by atomic mass is 16.1. The normalized spacial score (nSPS) is 14.6. The molecule has 17 heavy (non-hydrogen) atoms. The zero-order valence-electron chi connectivity index (χ0n) is 9.56. The zero-order chi connectivity index (χ0) is 12.3. The molecule has 3 N–H and O–H groups in total. The van der Waals surface area contributed by atoms with E-state index >= 15 is 0 Å². The van der Waals surface area contributed by atoms with Crippen LogP contribution in [-0.2, 0) is 4.79 Å². The van der Waals surface area contributed by atoms with Gasteiger partial charge >= 0.3 is 0 Å². The van der Waals surface area contributed by atoms with Crippen LogP contribution >= 0.6 is 0 Å². The maximum atomic E-state index is 11.9. The van der Waals surface area contributed by atoms with Gasteiger partial charge in [0, 0.05) is 31.4 Å². The first-order valence-electron chi connectivity index (χ1n) is 5.78. The van der Waals surface area contributed by atoms with Crippen molar-refractivity contribution in [1.82, 2.24) is 9.55 Å². The van der Waals surface area contributed by atoms with Crippen LogP contribution in [0, 0.1) is 0 Å². The van der Waals surface area contributed by atoms with Crippen molar-refractivity contribution in [2.45, 2.75) is 31.7 Å². The minimum Gasteiger partial charge on any atom is -0.370 e. The fourth-order valence-corrected chi connectivity index (χ4v) is 1.66. The van der Waals surface area contributed by atoms with E-state index in [1.807, 2.05) is 0 Å². The largest absolute Gasteiger partial charge is 0.370 e. The fourth-order valence-electron chi connectivity index (χ4n) is 1.66. The first-order valence-corrected chi connectivity index (χ1v) is 5.78. The Morgan fingerprint density at radius 3 is 3.00 bits per heavy atom. The molecule has 0 spiro atoms. The Bertz CT molecular complexity index is 465. The van der Waals surface area contributed by atoms with Gasteiger partial charge in [0.05, 0.1) is 0 Å². The van der Waals surface area contributed by atoms with Crippen LogP contribution in [-0.4, -0.2) is 22.0 Å². The molecule has 0 aromatic carbocycles. The van der Waals surface area contributed by atoms with Crippen molar-refractivity contribution in [1.29, 1.82) is 0 Å². The summed E-state index contributed by atoms with van der Waals surface area (Å²) in [5.74, 6) is 0.0204. The molecule has 1 fully saturated rings. The molecule has 1 aliphatic carbocycles. The Hall–Kier alpha value is -1.85. The van der Waals surface area contributed by atoms with Crippen LogP contribution < -0.4 is 16.6 Å². The van der Waals surface area contributed by atoms with Crippen LogP contribution in [0.5, 0.6) is 0 Å². The molecule has 2 rings (SSSR count). The summed E-state index contributed by atoms with van der Waals surface area (Å²) in [5.41, 5.74) is 4.94. The monoisotopic (exact) mass is 236 g/mol. The number of carbonyl (C=O) groups excluding carboxylic acids is 1. The highest BCUT2D eigenvalue weighted by Crippen LogP contribution is 2.33. The number of hydrogen-bond donors (Lipinski definition) is 2. The molecule has 0 radical (unpaired) electrons. The second-order valence-electron chi connectivity index (χ2n) is 4.22. The molecule has 0 saturated heterocycles. The van der Waals surface area contributed by atoms with E-state index in [0.29, 0.717) is 31.2 Å². The van der Waals surface area contributed by atoms with E-state index in [9.17, 15) is 9.59 Å². The number of anilines is 1. The Balaban J connectivity index is 1.94. The van der Waals surface area contributed by atoms with Gasteiger partial charge < -0.3 is 15.6 Å². The van der Waals surface area contributed by atoms with Crippen molar-refractivity contribution in [3.63, 3.8) is 0 Å². The topological polar surface area (TPSA) is 90.0 Å². The highest BCUT2D eigenvalue weighted by Gasteiger charge is 2.25. The van der Waals surface area contributed by atoms with Gasteiger partial charge in [0.2, 0.25) is 5.91 Å². The van der Waals surface area contributed by atoms with Crippen LogP contribution in [0.2, 0.25) is 0 Å². The molecule has 1 aromatic rings. The van der Waals surface area contributed by atoms with Gasteiger partial charge in [-0.3, -0.25) is 9.59 Å². The molecule has 0 atom stereocenters. The van der Waals surface area contributed by atoms with E-state index < -0.39 is 0 Å². The van der Waals surface area contributed by atoms with E-state index in [-0.39, 0.29) is 11.5 Å². The number of hydrogen-bond acceptors (Lipinski definition) is 4. The van der Waals surface area contributed by atoms with Crippen molar-refractivity contribution in [2.24, 2.45) is 5.73 Å². The smallest absolute Gasteiger partial charge is 0.293 e. The van der Waals surface area contributed by atoms with Gasteiger partial charge in [0.15, 0.2) is 5.82 Å². The van der Waals surface area contributed by atoms with E-state index in [4.69, 9.17) is 5.73 Å². The predicted octanol–water partition coefficient (Wildman–Crippen LogP) is 0.256. The van der Waals surface area contributed by atoms with Crippen molar-refractivity contribution >= 4 is 11.7 Å². The second kappa shape index (κ2) is 4.99. The van der Waals surface area contributed by atoms with E-state index in [1.165, 1.54) is 0 Å². The molecule has 1 saturated carbocycles. The average molecular weight is 236 g/mol. The van der Waals surface area contributed by atoms with Gasteiger partial charge in [0.25, 0.3) is 5.56 Å². The van der Waals surface area contributed by atoms with E-state index in [0.717, 1.165) is 12.8 Å². The molecule has 1 amide bonds. The minimum atomic E-state index is -0.330. The molecule has 0 bridgehead atoms. The minimum absolute atomic E-state index is 0.0888. The van der Waals surface area contributed by atoms with Crippen LogP contribution in [0.25, 0.3) is 0 Å². The van der Waals surface area contributed by atoms with Crippen molar-refractivity contribution in [3.8, 4) is 0 Å². The molecule has 1 heterocycles. The van der Waals surface area contributed by atoms with Gasteiger partial charge in [-0.2, -0.15) is 0 Å². The number of carbonyl (C=O) groups is 1. The summed E-state index contributed by atoms with van der Waals surface area (Å²) < 4.78 is 1.71. The first-order chi connectivity index (χ1) is 8.18. The molecule has 92 valence electrons. The number of nitrogens with one attached hydrogen (secondary N) is 1. The third kappa shape index (κ3) is 3.05. The summed E-state index contributed by atoms with van der Waals surface area (Å²) in [6, 6.07) is 0.344. The Morgan fingerprint density at radius 1 is 1.59 bits per heavy atom. The summed E-state index contributed by atoms with van der Waals surface area (Å²) in [5, 5.41) is 2.94. The molecule has 6 nitrogen and oxygen atoms in total. The van der Waals surface area contributed by atoms with E-state index in [2.05, 4.69) is 10.3 Å². The highest BCUT2D eigenvalue weighted by molar-refractivity contribution is 5.73. The molecule has 6 heteroatoms. The number of rotatable bonds is 6. The lowest BCUT2D eigenvalue weighted by Crippen LogP contribution is -2.24. The van der Waals surface area contributed by atoms with Crippen molar-refractivity contribution < 1.29 is 4.79 Å². The summed E-state index contributed by atoms with van der Waals surface area (Å²) in [6.07, 6.45) is 6.38. The molecular weight excluding hydrogens is 220 g/mol. The molecule has 0 unspecified atom stereocenters. The molecule has 1 aliphatic rings.